The van der Waals surface area contributed by atoms with Crippen LogP contribution >= 0.6 is 11.6 Å². The van der Waals surface area contributed by atoms with E-state index in [-0.39, 0.29) is 21.5 Å². The second-order valence-electron chi connectivity index (χ2n) is 8.51. The van der Waals surface area contributed by atoms with Crippen molar-refractivity contribution in [2.24, 2.45) is 0 Å². The van der Waals surface area contributed by atoms with Gasteiger partial charge in [-0.15, -0.1) is 0 Å². The minimum atomic E-state index is -3.78. The molecule has 1 saturated heterocycles. The summed E-state index contributed by atoms with van der Waals surface area (Å²) in [5.41, 5.74) is 3.75. The Morgan fingerprint density at radius 3 is 2.26 bits per heavy atom. The Morgan fingerprint density at radius 1 is 0.941 bits per heavy atom. The summed E-state index contributed by atoms with van der Waals surface area (Å²) in [6.07, 6.45) is 3.75. The van der Waals surface area contributed by atoms with Crippen molar-refractivity contribution in [2.45, 2.75) is 37.6 Å². The van der Waals surface area contributed by atoms with Crippen LogP contribution in [0.15, 0.2) is 71.6 Å². The van der Waals surface area contributed by atoms with E-state index in [1.807, 2.05) is 19.1 Å². The highest BCUT2D eigenvalue weighted by molar-refractivity contribution is 7.92. The SMILES string of the molecule is Cc1ccc(S(=O)(=O)Nc2ccc(C(=O)NCc3ccc(N4CCCCC4)cc3)cc2Cl)cc1. The summed E-state index contributed by atoms with van der Waals surface area (Å²) in [7, 11) is -3.78. The fourth-order valence-corrected chi connectivity index (χ4v) is 5.28. The lowest BCUT2D eigenvalue weighted by molar-refractivity contribution is 0.0951. The van der Waals surface area contributed by atoms with Crippen molar-refractivity contribution >= 4 is 38.9 Å². The first kappa shape index (κ1) is 24.1. The molecule has 34 heavy (non-hydrogen) atoms. The predicted molar refractivity (Wildman–Crippen MR) is 137 cm³/mol. The molecule has 3 aromatic carbocycles. The fraction of sp³-hybridized carbons (Fsp3) is 0.269. The molecular formula is C26H28ClN3O3S. The number of rotatable bonds is 7. The Bertz CT molecular complexity index is 1250. The van der Waals surface area contributed by atoms with Gasteiger partial charge in [-0.2, -0.15) is 0 Å². The molecule has 0 radical (unpaired) electrons. The van der Waals surface area contributed by atoms with Gasteiger partial charge in [-0.25, -0.2) is 8.42 Å². The number of benzene rings is 3. The predicted octanol–water partition coefficient (Wildman–Crippen LogP) is 5.37. The molecule has 1 heterocycles. The summed E-state index contributed by atoms with van der Waals surface area (Å²) in [6.45, 7) is 4.45. The van der Waals surface area contributed by atoms with Crippen LogP contribution in [0.25, 0.3) is 0 Å². The number of sulfonamides is 1. The van der Waals surface area contributed by atoms with Gasteiger partial charge in [0.1, 0.15) is 0 Å². The van der Waals surface area contributed by atoms with Gasteiger partial charge >= 0.3 is 0 Å². The number of nitrogens with one attached hydrogen (secondary N) is 2. The first-order chi connectivity index (χ1) is 16.3. The zero-order valence-electron chi connectivity index (χ0n) is 19.1. The number of carbonyl (C=O) groups excluding carboxylic acids is 1. The Balaban J connectivity index is 1.36. The highest BCUT2D eigenvalue weighted by Crippen LogP contribution is 2.26. The molecule has 0 atom stereocenters. The Labute approximate surface area is 206 Å². The van der Waals surface area contributed by atoms with Gasteiger partial charge in [0.2, 0.25) is 0 Å². The monoisotopic (exact) mass is 497 g/mol. The van der Waals surface area contributed by atoms with Gasteiger partial charge in [-0.05, 0) is 74.2 Å². The molecule has 2 N–H and O–H groups in total. The maximum atomic E-state index is 12.6. The van der Waals surface area contributed by atoms with Crippen molar-refractivity contribution in [3.63, 3.8) is 0 Å². The molecule has 8 heteroatoms. The third-order valence-electron chi connectivity index (χ3n) is 5.92. The zero-order valence-corrected chi connectivity index (χ0v) is 20.6. The van der Waals surface area contributed by atoms with Gasteiger partial charge in [-0.1, -0.05) is 41.4 Å². The number of carbonyl (C=O) groups is 1. The number of hydrogen-bond donors (Lipinski definition) is 2. The molecule has 0 aromatic heterocycles. The van der Waals surface area contributed by atoms with E-state index in [0.717, 1.165) is 24.2 Å². The van der Waals surface area contributed by atoms with E-state index < -0.39 is 10.0 Å². The van der Waals surface area contributed by atoms with E-state index >= 15 is 0 Å². The molecular weight excluding hydrogens is 470 g/mol. The number of nitrogens with zero attached hydrogens (tertiary/aromatic N) is 1. The molecule has 0 spiro atoms. The molecule has 0 aliphatic carbocycles. The molecule has 1 aliphatic heterocycles. The van der Waals surface area contributed by atoms with Crippen LogP contribution < -0.4 is 14.9 Å². The van der Waals surface area contributed by atoms with Gasteiger partial charge in [0.15, 0.2) is 0 Å². The Morgan fingerprint density at radius 2 is 1.62 bits per heavy atom. The van der Waals surface area contributed by atoms with Crippen LogP contribution in [0.3, 0.4) is 0 Å². The van der Waals surface area contributed by atoms with Crippen LogP contribution in [-0.4, -0.2) is 27.4 Å². The molecule has 1 fully saturated rings. The molecule has 0 unspecified atom stereocenters. The molecule has 6 nitrogen and oxygen atoms in total. The molecule has 0 saturated carbocycles. The minimum absolute atomic E-state index is 0.141. The zero-order chi connectivity index (χ0) is 24.1. The first-order valence-electron chi connectivity index (χ1n) is 11.3. The van der Waals surface area contributed by atoms with Crippen molar-refractivity contribution in [1.82, 2.24) is 5.32 Å². The van der Waals surface area contributed by atoms with E-state index in [0.29, 0.717) is 12.1 Å². The van der Waals surface area contributed by atoms with Crippen LogP contribution in [0, 0.1) is 6.92 Å². The summed E-state index contributed by atoms with van der Waals surface area (Å²) >= 11 is 6.29. The third kappa shape index (κ3) is 5.90. The fourth-order valence-electron chi connectivity index (χ4n) is 3.92. The van der Waals surface area contributed by atoms with Crippen molar-refractivity contribution in [3.05, 3.63) is 88.4 Å². The Kier molecular flexibility index (Phi) is 7.44. The second-order valence-corrected chi connectivity index (χ2v) is 10.6. The molecule has 4 rings (SSSR count). The van der Waals surface area contributed by atoms with Crippen molar-refractivity contribution in [1.29, 1.82) is 0 Å². The van der Waals surface area contributed by atoms with Crippen LogP contribution in [0.1, 0.15) is 40.7 Å². The highest BCUT2D eigenvalue weighted by atomic mass is 35.5. The number of halogens is 1. The summed E-state index contributed by atoms with van der Waals surface area (Å²) < 4.78 is 27.7. The number of hydrogen-bond acceptors (Lipinski definition) is 4. The quantitative estimate of drug-likeness (QED) is 0.460. The summed E-state index contributed by atoms with van der Waals surface area (Å²) in [6, 6.07) is 19.3. The van der Waals surface area contributed by atoms with Crippen molar-refractivity contribution in [3.8, 4) is 0 Å². The summed E-state index contributed by atoms with van der Waals surface area (Å²) in [5.74, 6) is -0.282. The third-order valence-corrected chi connectivity index (χ3v) is 7.61. The highest BCUT2D eigenvalue weighted by Gasteiger charge is 2.17. The largest absolute Gasteiger partial charge is 0.372 e. The lowest BCUT2D eigenvalue weighted by Crippen LogP contribution is -2.29. The second kappa shape index (κ2) is 10.5. The van der Waals surface area contributed by atoms with Gasteiger partial charge in [0.25, 0.3) is 15.9 Å². The molecule has 3 aromatic rings. The topological polar surface area (TPSA) is 78.5 Å². The normalized spacial score (nSPS) is 14.0. The van der Waals surface area contributed by atoms with E-state index in [1.54, 1.807) is 18.2 Å². The standard InChI is InChI=1S/C26H28ClN3O3S/c1-19-5-12-23(13-6-19)34(32,33)29-25-14-9-21(17-24(25)27)26(31)28-18-20-7-10-22(11-8-20)30-15-3-2-4-16-30/h5-14,17,29H,2-4,15-16,18H2,1H3,(H,28,31). The number of aryl methyl sites for hydroxylation is 1. The summed E-state index contributed by atoms with van der Waals surface area (Å²) in [4.78, 5) is 15.2. The lowest BCUT2D eigenvalue weighted by atomic mass is 10.1. The van der Waals surface area contributed by atoms with Crippen LogP contribution in [0.5, 0.6) is 0 Å². The van der Waals surface area contributed by atoms with Crippen LogP contribution in [0.2, 0.25) is 5.02 Å². The van der Waals surface area contributed by atoms with Gasteiger partial charge < -0.3 is 10.2 Å². The summed E-state index contributed by atoms with van der Waals surface area (Å²) in [5, 5.41) is 3.04. The van der Waals surface area contributed by atoms with Crippen LogP contribution in [-0.2, 0) is 16.6 Å². The van der Waals surface area contributed by atoms with Crippen molar-refractivity contribution in [2.75, 3.05) is 22.7 Å². The average molecular weight is 498 g/mol. The maximum absolute atomic E-state index is 12.6. The van der Waals surface area contributed by atoms with E-state index in [9.17, 15) is 13.2 Å². The van der Waals surface area contributed by atoms with Gasteiger partial charge in [-0.3, -0.25) is 9.52 Å². The van der Waals surface area contributed by atoms with E-state index in [4.69, 9.17) is 11.6 Å². The van der Waals surface area contributed by atoms with E-state index in [1.165, 1.54) is 49.2 Å². The molecule has 178 valence electrons. The Hall–Kier alpha value is -3.03. The minimum Gasteiger partial charge on any atom is -0.372 e. The van der Waals surface area contributed by atoms with Crippen LogP contribution in [0.4, 0.5) is 11.4 Å². The maximum Gasteiger partial charge on any atom is 0.261 e. The molecule has 1 amide bonds. The van der Waals surface area contributed by atoms with E-state index in [2.05, 4.69) is 27.1 Å². The van der Waals surface area contributed by atoms with Gasteiger partial charge in [0, 0.05) is 30.9 Å². The average Bonchev–Trinajstić information content (AvgIpc) is 2.85. The molecule has 1 aliphatic rings. The number of piperidine rings is 1. The number of anilines is 2. The first-order valence-corrected chi connectivity index (χ1v) is 13.2. The van der Waals surface area contributed by atoms with Crippen molar-refractivity contribution < 1.29 is 13.2 Å². The smallest absolute Gasteiger partial charge is 0.261 e. The number of amides is 1. The van der Waals surface area contributed by atoms with Gasteiger partial charge in [0.05, 0.1) is 15.6 Å². The molecule has 0 bridgehead atoms. The lowest BCUT2D eigenvalue weighted by Gasteiger charge is -2.28.